The highest BCUT2D eigenvalue weighted by Gasteiger charge is 2.12. The number of rotatable bonds is 3. The first-order valence-corrected chi connectivity index (χ1v) is 5.27. The van der Waals surface area contributed by atoms with E-state index in [1.54, 1.807) is 12.1 Å². The lowest BCUT2D eigenvalue weighted by Gasteiger charge is -1.96. The number of aromatic nitrogens is 5. The van der Waals surface area contributed by atoms with Crippen LogP contribution in [0.2, 0.25) is 0 Å². The minimum atomic E-state index is -0.986. The lowest BCUT2D eigenvalue weighted by Crippen LogP contribution is -1.94. The number of benzene rings is 1. The number of carboxylic acid groups (broad SMARTS) is 1. The van der Waals surface area contributed by atoms with Crippen LogP contribution in [0.1, 0.15) is 10.4 Å². The molecule has 2 heterocycles. The first-order valence-electron chi connectivity index (χ1n) is 5.27. The van der Waals surface area contributed by atoms with Crippen molar-refractivity contribution in [2.24, 2.45) is 0 Å². The molecule has 8 heteroatoms. The van der Waals surface area contributed by atoms with E-state index in [0.717, 1.165) is 0 Å². The number of nitrogens with one attached hydrogen (secondary N) is 1. The second-order valence-corrected chi connectivity index (χ2v) is 3.65. The summed E-state index contributed by atoms with van der Waals surface area (Å²) >= 11 is 0. The summed E-state index contributed by atoms with van der Waals surface area (Å²) in [5.74, 6) is -0.457. The number of hydrogen-bond acceptors (Lipinski definition) is 6. The maximum Gasteiger partial charge on any atom is 0.335 e. The zero-order valence-electron chi connectivity index (χ0n) is 9.44. The number of aromatic carboxylic acids is 1. The van der Waals surface area contributed by atoms with E-state index in [1.165, 1.54) is 18.3 Å². The number of nitrogens with zero attached hydrogens (tertiary/aromatic N) is 4. The van der Waals surface area contributed by atoms with Crippen LogP contribution in [-0.2, 0) is 0 Å². The molecule has 8 nitrogen and oxygen atoms in total. The average molecular weight is 257 g/mol. The Labute approximate surface area is 106 Å². The highest BCUT2D eigenvalue weighted by Crippen LogP contribution is 2.22. The van der Waals surface area contributed by atoms with Gasteiger partial charge in [-0.1, -0.05) is 0 Å². The zero-order chi connectivity index (χ0) is 13.2. The number of aromatic amines is 1. The van der Waals surface area contributed by atoms with E-state index in [1.807, 2.05) is 0 Å². The van der Waals surface area contributed by atoms with Gasteiger partial charge < -0.3 is 9.52 Å². The molecule has 0 saturated carbocycles. The first-order chi connectivity index (χ1) is 9.24. The highest BCUT2D eigenvalue weighted by atomic mass is 16.4. The van der Waals surface area contributed by atoms with Crippen molar-refractivity contribution < 1.29 is 14.3 Å². The number of H-pyrrole nitrogens is 1. The van der Waals surface area contributed by atoms with Crippen molar-refractivity contribution in [2.75, 3.05) is 0 Å². The SMILES string of the molecule is O=C(O)c1ccc(-c2nnc(-c3cn[nH]n3)o2)cc1. The van der Waals surface area contributed by atoms with E-state index in [-0.39, 0.29) is 17.3 Å². The zero-order valence-corrected chi connectivity index (χ0v) is 9.44. The Morgan fingerprint density at radius 3 is 2.53 bits per heavy atom. The summed E-state index contributed by atoms with van der Waals surface area (Å²) in [7, 11) is 0. The molecule has 0 bridgehead atoms. The van der Waals surface area contributed by atoms with Gasteiger partial charge in [-0.3, -0.25) is 0 Å². The summed E-state index contributed by atoms with van der Waals surface area (Å²) in [6.45, 7) is 0. The molecular formula is C11H7N5O3. The fourth-order valence-corrected chi connectivity index (χ4v) is 1.50. The standard InChI is InChI=1S/C11H7N5O3/c17-11(18)7-3-1-6(2-4-7)9-14-15-10(19-9)8-5-12-16-13-8/h1-5H,(H,17,18)(H,12,13,16). The van der Waals surface area contributed by atoms with Gasteiger partial charge in [-0.2, -0.15) is 15.4 Å². The minimum Gasteiger partial charge on any atom is -0.478 e. The Hall–Kier alpha value is -3.03. The van der Waals surface area contributed by atoms with E-state index in [2.05, 4.69) is 25.6 Å². The van der Waals surface area contributed by atoms with Crippen LogP contribution in [0.15, 0.2) is 34.9 Å². The fourth-order valence-electron chi connectivity index (χ4n) is 1.50. The van der Waals surface area contributed by atoms with E-state index >= 15 is 0 Å². The number of carboxylic acids is 1. The molecule has 2 aromatic heterocycles. The molecule has 0 amide bonds. The molecule has 0 atom stereocenters. The van der Waals surface area contributed by atoms with Crippen LogP contribution in [0, 0.1) is 0 Å². The molecule has 19 heavy (non-hydrogen) atoms. The van der Waals surface area contributed by atoms with Gasteiger partial charge in [0.25, 0.3) is 5.89 Å². The maximum atomic E-state index is 10.7. The van der Waals surface area contributed by atoms with Crippen molar-refractivity contribution in [3.63, 3.8) is 0 Å². The van der Waals surface area contributed by atoms with Gasteiger partial charge in [-0.25, -0.2) is 4.79 Å². The van der Waals surface area contributed by atoms with Gasteiger partial charge in [0, 0.05) is 5.56 Å². The molecule has 0 aliphatic carbocycles. The second-order valence-electron chi connectivity index (χ2n) is 3.65. The third-order valence-electron chi connectivity index (χ3n) is 2.44. The molecule has 0 aliphatic rings. The smallest absolute Gasteiger partial charge is 0.335 e. The van der Waals surface area contributed by atoms with Gasteiger partial charge in [0.1, 0.15) is 0 Å². The Kier molecular flexibility index (Phi) is 2.53. The van der Waals surface area contributed by atoms with Gasteiger partial charge in [0.2, 0.25) is 5.89 Å². The lowest BCUT2D eigenvalue weighted by molar-refractivity contribution is 0.0697. The van der Waals surface area contributed by atoms with Gasteiger partial charge in [0.15, 0.2) is 5.69 Å². The third kappa shape index (κ3) is 2.06. The molecule has 0 unspecified atom stereocenters. The predicted octanol–water partition coefficient (Wildman–Crippen LogP) is 1.22. The van der Waals surface area contributed by atoms with Gasteiger partial charge >= 0.3 is 5.97 Å². The molecule has 0 saturated heterocycles. The summed E-state index contributed by atoms with van der Waals surface area (Å²) in [6.07, 6.45) is 1.46. The highest BCUT2D eigenvalue weighted by molar-refractivity contribution is 5.88. The molecule has 3 aromatic rings. The third-order valence-corrected chi connectivity index (χ3v) is 2.44. The Morgan fingerprint density at radius 2 is 1.89 bits per heavy atom. The van der Waals surface area contributed by atoms with Crippen LogP contribution < -0.4 is 0 Å². The van der Waals surface area contributed by atoms with Crippen LogP contribution in [-0.4, -0.2) is 36.7 Å². The summed E-state index contributed by atoms with van der Waals surface area (Å²) in [5.41, 5.74) is 1.27. The summed E-state index contributed by atoms with van der Waals surface area (Å²) < 4.78 is 5.42. The van der Waals surface area contributed by atoms with Crippen molar-refractivity contribution in [3.05, 3.63) is 36.0 Å². The molecule has 0 radical (unpaired) electrons. The van der Waals surface area contributed by atoms with Crippen LogP contribution in [0.3, 0.4) is 0 Å². The average Bonchev–Trinajstić information content (AvgIpc) is 3.10. The second kappa shape index (κ2) is 4.33. The molecule has 94 valence electrons. The number of carbonyl (C=O) groups is 1. The molecule has 0 spiro atoms. The summed E-state index contributed by atoms with van der Waals surface area (Å²) in [5, 5.41) is 26.4. The topological polar surface area (TPSA) is 118 Å². The van der Waals surface area contributed by atoms with Crippen LogP contribution >= 0.6 is 0 Å². The van der Waals surface area contributed by atoms with Gasteiger partial charge in [0.05, 0.1) is 11.8 Å². The number of hydrogen-bond donors (Lipinski definition) is 2. The quantitative estimate of drug-likeness (QED) is 0.724. The molecule has 0 aliphatic heterocycles. The van der Waals surface area contributed by atoms with E-state index in [9.17, 15) is 4.79 Å². The molecular weight excluding hydrogens is 250 g/mol. The monoisotopic (exact) mass is 257 g/mol. The van der Waals surface area contributed by atoms with Gasteiger partial charge in [-0.05, 0) is 24.3 Å². The Balaban J connectivity index is 1.92. The van der Waals surface area contributed by atoms with Crippen molar-refractivity contribution in [1.82, 2.24) is 25.6 Å². The minimum absolute atomic E-state index is 0.194. The Morgan fingerprint density at radius 1 is 1.16 bits per heavy atom. The molecule has 2 N–H and O–H groups in total. The molecule has 3 rings (SSSR count). The van der Waals surface area contributed by atoms with E-state index in [4.69, 9.17) is 9.52 Å². The van der Waals surface area contributed by atoms with Crippen molar-refractivity contribution in [3.8, 4) is 23.0 Å². The summed E-state index contributed by atoms with van der Waals surface area (Å²) in [6, 6.07) is 6.14. The first kappa shape index (κ1) is 11.1. The Bertz CT molecular complexity index is 702. The van der Waals surface area contributed by atoms with Crippen LogP contribution in [0.25, 0.3) is 23.0 Å². The summed E-state index contributed by atoms with van der Waals surface area (Å²) in [4.78, 5) is 10.7. The maximum absolute atomic E-state index is 10.7. The largest absolute Gasteiger partial charge is 0.478 e. The van der Waals surface area contributed by atoms with Crippen molar-refractivity contribution in [1.29, 1.82) is 0 Å². The molecule has 1 aromatic carbocycles. The van der Waals surface area contributed by atoms with Gasteiger partial charge in [-0.15, -0.1) is 10.2 Å². The molecule has 0 fully saturated rings. The lowest BCUT2D eigenvalue weighted by atomic mass is 10.1. The van der Waals surface area contributed by atoms with Crippen molar-refractivity contribution >= 4 is 5.97 Å². The van der Waals surface area contributed by atoms with Crippen LogP contribution in [0.4, 0.5) is 0 Å². The van der Waals surface area contributed by atoms with Crippen LogP contribution in [0.5, 0.6) is 0 Å². The predicted molar refractivity (Wildman–Crippen MR) is 62.1 cm³/mol. The van der Waals surface area contributed by atoms with Crippen molar-refractivity contribution in [2.45, 2.75) is 0 Å². The normalized spacial score (nSPS) is 10.5. The van der Waals surface area contributed by atoms with E-state index < -0.39 is 5.97 Å². The fraction of sp³-hybridized carbons (Fsp3) is 0. The van der Waals surface area contributed by atoms with E-state index in [0.29, 0.717) is 11.3 Å².